The Morgan fingerprint density at radius 1 is 1.32 bits per heavy atom. The Kier molecular flexibility index (Phi) is 6.54. The van der Waals surface area contributed by atoms with Crippen LogP contribution >= 0.6 is 15.9 Å². The quantitative estimate of drug-likeness (QED) is 0.433. The van der Waals surface area contributed by atoms with Crippen molar-refractivity contribution in [2.45, 2.75) is 19.8 Å². The van der Waals surface area contributed by atoms with E-state index in [-0.39, 0.29) is 24.3 Å². The van der Waals surface area contributed by atoms with Gasteiger partial charge in [0.15, 0.2) is 0 Å². The topological polar surface area (TPSA) is 96.4 Å². The first kappa shape index (κ1) is 19.8. The second kappa shape index (κ2) is 9.27. The number of rotatable bonds is 7. The number of carbonyl (C=O) groups is 1. The Labute approximate surface area is 170 Å². The van der Waals surface area contributed by atoms with Crippen LogP contribution in [0.15, 0.2) is 56.8 Å². The van der Waals surface area contributed by atoms with Crippen LogP contribution in [0.1, 0.15) is 24.6 Å². The van der Waals surface area contributed by atoms with Gasteiger partial charge in [0.2, 0.25) is 5.91 Å². The highest BCUT2D eigenvalue weighted by atomic mass is 79.9. The van der Waals surface area contributed by atoms with Crippen molar-refractivity contribution >= 4 is 39.1 Å². The number of carbonyl (C=O) groups excluding carboxylic acids is 1. The van der Waals surface area contributed by atoms with Crippen LogP contribution in [-0.4, -0.2) is 28.7 Å². The first-order valence-electron chi connectivity index (χ1n) is 8.79. The lowest BCUT2D eigenvalue weighted by atomic mass is 10.2. The zero-order valence-corrected chi connectivity index (χ0v) is 16.8. The molecule has 28 heavy (non-hydrogen) atoms. The van der Waals surface area contributed by atoms with Crippen molar-refractivity contribution in [1.82, 2.24) is 15.4 Å². The van der Waals surface area contributed by atoms with E-state index < -0.39 is 0 Å². The van der Waals surface area contributed by atoms with Crippen molar-refractivity contribution in [3.63, 3.8) is 0 Å². The number of hydrogen-bond donors (Lipinski definition) is 2. The van der Waals surface area contributed by atoms with Crippen molar-refractivity contribution in [1.29, 1.82) is 0 Å². The van der Waals surface area contributed by atoms with Crippen molar-refractivity contribution in [3.05, 3.63) is 68.5 Å². The zero-order chi connectivity index (χ0) is 19.9. The number of hydrogen-bond acceptors (Lipinski definition) is 5. The molecule has 0 aliphatic rings. The molecule has 0 aliphatic carbocycles. The molecule has 8 heteroatoms. The van der Waals surface area contributed by atoms with Gasteiger partial charge >= 0.3 is 0 Å². The maximum Gasteiger partial charge on any atom is 0.270 e. The van der Waals surface area contributed by atoms with Crippen molar-refractivity contribution in [3.8, 4) is 5.75 Å². The van der Waals surface area contributed by atoms with E-state index in [4.69, 9.17) is 4.74 Å². The molecule has 0 saturated carbocycles. The highest BCUT2D eigenvalue weighted by Crippen LogP contribution is 2.25. The maximum atomic E-state index is 12.1. The minimum Gasteiger partial charge on any atom is -0.493 e. The Morgan fingerprint density at radius 2 is 2.14 bits per heavy atom. The molecule has 0 bridgehead atoms. The van der Waals surface area contributed by atoms with E-state index >= 15 is 0 Å². The van der Waals surface area contributed by atoms with Gasteiger partial charge < -0.3 is 9.72 Å². The number of aryl methyl sites for hydroxylation is 1. The zero-order valence-electron chi connectivity index (χ0n) is 15.2. The molecule has 0 unspecified atom stereocenters. The molecule has 3 rings (SSSR count). The molecule has 0 aliphatic heterocycles. The van der Waals surface area contributed by atoms with Crippen molar-refractivity contribution in [2.75, 3.05) is 6.61 Å². The summed E-state index contributed by atoms with van der Waals surface area (Å²) < 4.78 is 6.26. The lowest BCUT2D eigenvalue weighted by Gasteiger charge is -2.05. The first-order chi connectivity index (χ1) is 13.6. The van der Waals surface area contributed by atoms with Gasteiger partial charge in [-0.25, -0.2) is 10.4 Å². The summed E-state index contributed by atoms with van der Waals surface area (Å²) in [6.45, 7) is 2.50. The molecule has 0 saturated heterocycles. The largest absolute Gasteiger partial charge is 0.493 e. The fourth-order valence-corrected chi connectivity index (χ4v) is 3.08. The fraction of sp³-hybridized carbons (Fsp3) is 0.200. The molecule has 2 aromatic carbocycles. The van der Waals surface area contributed by atoms with Gasteiger partial charge in [-0.15, -0.1) is 0 Å². The number of hydrazone groups is 1. The van der Waals surface area contributed by atoms with Crippen LogP contribution in [0.25, 0.3) is 11.0 Å². The number of nitrogens with zero attached hydrogens (tertiary/aromatic N) is 2. The number of benzene rings is 2. The van der Waals surface area contributed by atoms with Gasteiger partial charge in [0, 0.05) is 12.8 Å². The standard InChI is InChI=1S/C20H19BrN4O3/c1-2-28-18-9-7-13(11-14(18)21)12-22-25-19(26)10-8-17-20(27)24-16-6-4-3-5-15(16)23-17/h3-7,9,11-12H,2,8,10H2,1H3,(H,24,27)(H,25,26)/b22-12-. The van der Waals surface area contributed by atoms with Crippen LogP contribution in [0.2, 0.25) is 0 Å². The number of fused-ring (bicyclic) bond motifs is 1. The molecule has 1 aromatic heterocycles. The van der Waals surface area contributed by atoms with Crippen LogP contribution in [0.5, 0.6) is 5.75 Å². The van der Waals surface area contributed by atoms with E-state index in [1.807, 2.05) is 43.3 Å². The Hall–Kier alpha value is -3.00. The number of aromatic nitrogens is 2. The Bertz CT molecular complexity index is 1080. The lowest BCUT2D eigenvalue weighted by Crippen LogP contribution is -2.21. The normalized spacial score (nSPS) is 11.1. The molecule has 1 amide bonds. The van der Waals surface area contributed by atoms with Crippen LogP contribution in [-0.2, 0) is 11.2 Å². The SMILES string of the molecule is CCOc1ccc(/C=N\NC(=O)CCc2nc3ccccc3[nH]c2=O)cc1Br. The molecule has 1 heterocycles. The summed E-state index contributed by atoms with van der Waals surface area (Å²) in [5, 5.41) is 3.95. The van der Waals surface area contributed by atoms with E-state index in [0.717, 1.165) is 15.8 Å². The molecule has 2 N–H and O–H groups in total. The predicted octanol–water partition coefficient (Wildman–Crippen LogP) is 3.17. The molecular formula is C20H19BrN4O3. The number of nitrogens with one attached hydrogen (secondary N) is 2. The van der Waals surface area contributed by atoms with Crippen LogP contribution in [0, 0.1) is 0 Å². The second-order valence-corrected chi connectivity index (χ2v) is 6.80. The van der Waals surface area contributed by atoms with Crippen LogP contribution in [0.3, 0.4) is 0 Å². The molecule has 0 fully saturated rings. The average Bonchev–Trinajstić information content (AvgIpc) is 2.68. The number of aromatic amines is 1. The van der Waals surface area contributed by atoms with Gasteiger partial charge in [-0.3, -0.25) is 9.59 Å². The molecule has 144 valence electrons. The summed E-state index contributed by atoms with van der Waals surface area (Å²) in [4.78, 5) is 31.1. The van der Waals surface area contributed by atoms with E-state index in [9.17, 15) is 9.59 Å². The monoisotopic (exact) mass is 442 g/mol. The van der Waals surface area contributed by atoms with Crippen molar-refractivity contribution < 1.29 is 9.53 Å². The maximum absolute atomic E-state index is 12.1. The van der Waals surface area contributed by atoms with Gasteiger partial charge in [0.1, 0.15) is 11.4 Å². The Morgan fingerprint density at radius 3 is 2.93 bits per heavy atom. The second-order valence-electron chi connectivity index (χ2n) is 5.95. The highest BCUT2D eigenvalue weighted by molar-refractivity contribution is 9.10. The highest BCUT2D eigenvalue weighted by Gasteiger charge is 2.08. The van der Waals surface area contributed by atoms with E-state index in [1.165, 1.54) is 0 Å². The molecular weight excluding hydrogens is 424 g/mol. The van der Waals surface area contributed by atoms with E-state index in [2.05, 4.69) is 36.4 Å². The van der Waals surface area contributed by atoms with Crippen molar-refractivity contribution in [2.24, 2.45) is 5.10 Å². The number of halogens is 1. The van der Waals surface area contributed by atoms with Crippen LogP contribution < -0.4 is 15.7 Å². The Balaban J connectivity index is 1.56. The predicted molar refractivity (Wildman–Crippen MR) is 112 cm³/mol. The molecule has 0 spiro atoms. The average molecular weight is 443 g/mol. The summed E-state index contributed by atoms with van der Waals surface area (Å²) in [5.74, 6) is 0.451. The molecule has 7 nitrogen and oxygen atoms in total. The van der Waals surface area contributed by atoms with Gasteiger partial charge in [-0.05, 0) is 58.7 Å². The third kappa shape index (κ3) is 5.04. The molecule has 0 atom stereocenters. The van der Waals surface area contributed by atoms with Gasteiger partial charge in [0.25, 0.3) is 5.56 Å². The third-order valence-corrected chi connectivity index (χ3v) is 4.54. The lowest BCUT2D eigenvalue weighted by molar-refractivity contribution is -0.121. The minimum absolute atomic E-state index is 0.110. The summed E-state index contributed by atoms with van der Waals surface area (Å²) >= 11 is 3.43. The minimum atomic E-state index is -0.296. The smallest absolute Gasteiger partial charge is 0.270 e. The number of ether oxygens (including phenoxy) is 1. The van der Waals surface area contributed by atoms with E-state index in [0.29, 0.717) is 23.3 Å². The van der Waals surface area contributed by atoms with Gasteiger partial charge in [-0.2, -0.15) is 5.10 Å². The molecule has 0 radical (unpaired) electrons. The number of para-hydroxylation sites is 2. The third-order valence-electron chi connectivity index (χ3n) is 3.92. The first-order valence-corrected chi connectivity index (χ1v) is 9.58. The van der Waals surface area contributed by atoms with Gasteiger partial charge in [0.05, 0.1) is 28.3 Å². The van der Waals surface area contributed by atoms with Gasteiger partial charge in [-0.1, -0.05) is 12.1 Å². The summed E-state index contributed by atoms with van der Waals surface area (Å²) in [5.41, 5.74) is 4.68. The number of H-pyrrole nitrogens is 1. The van der Waals surface area contributed by atoms with E-state index in [1.54, 1.807) is 12.3 Å². The fourth-order valence-electron chi connectivity index (χ4n) is 2.57. The van der Waals surface area contributed by atoms with Crippen LogP contribution in [0.4, 0.5) is 0 Å². The molecule has 3 aromatic rings. The summed E-state index contributed by atoms with van der Waals surface area (Å²) in [7, 11) is 0. The number of amides is 1. The summed E-state index contributed by atoms with van der Waals surface area (Å²) in [6, 6.07) is 12.8. The summed E-state index contributed by atoms with van der Waals surface area (Å²) in [6.07, 6.45) is 1.88.